The van der Waals surface area contributed by atoms with Crippen molar-refractivity contribution < 1.29 is 14.7 Å². The van der Waals surface area contributed by atoms with Crippen molar-refractivity contribution in [3.63, 3.8) is 0 Å². The van der Waals surface area contributed by atoms with E-state index in [-0.39, 0.29) is 6.03 Å². The molecule has 1 aromatic carbocycles. The average Bonchev–Trinajstić information content (AvgIpc) is 2.98. The lowest BCUT2D eigenvalue weighted by Gasteiger charge is -2.30. The number of aromatic nitrogens is 1. The fourth-order valence-corrected chi connectivity index (χ4v) is 3.12. The van der Waals surface area contributed by atoms with Gasteiger partial charge in [0.2, 0.25) is 0 Å². The molecule has 0 saturated carbocycles. The summed E-state index contributed by atoms with van der Waals surface area (Å²) in [6.07, 6.45) is 4.10. The van der Waals surface area contributed by atoms with Crippen molar-refractivity contribution in [3.8, 4) is 0 Å². The lowest BCUT2D eigenvalue weighted by atomic mass is 9.99. The van der Waals surface area contributed by atoms with Crippen LogP contribution in [-0.2, 0) is 11.2 Å². The summed E-state index contributed by atoms with van der Waals surface area (Å²) >= 11 is 0. The number of para-hydroxylation sites is 1. The molecule has 6 nitrogen and oxygen atoms in total. The summed E-state index contributed by atoms with van der Waals surface area (Å²) in [7, 11) is 0. The number of carbonyl (C=O) groups excluding carboxylic acids is 1. The van der Waals surface area contributed by atoms with E-state index in [1.54, 1.807) is 4.90 Å². The zero-order valence-electron chi connectivity index (χ0n) is 12.9. The van der Waals surface area contributed by atoms with Crippen molar-refractivity contribution in [1.82, 2.24) is 15.2 Å². The molecule has 2 aromatic rings. The maximum Gasteiger partial charge on any atom is 0.317 e. The van der Waals surface area contributed by atoms with Crippen molar-refractivity contribution in [2.24, 2.45) is 5.92 Å². The zero-order chi connectivity index (χ0) is 16.2. The predicted molar refractivity (Wildman–Crippen MR) is 87.3 cm³/mol. The molecular weight excluding hydrogens is 294 g/mol. The maximum absolute atomic E-state index is 12.2. The van der Waals surface area contributed by atoms with Crippen LogP contribution in [0.25, 0.3) is 10.9 Å². The SMILES string of the molecule is O=C(O)[C@@H]1CCCN(C(=O)NCCc2c[nH]c3ccccc23)C1. The minimum absolute atomic E-state index is 0.171. The molecule has 0 aliphatic carbocycles. The third kappa shape index (κ3) is 3.47. The van der Waals surface area contributed by atoms with Crippen molar-refractivity contribution in [1.29, 1.82) is 0 Å². The van der Waals surface area contributed by atoms with E-state index in [0.29, 0.717) is 26.1 Å². The Balaban J connectivity index is 1.52. The zero-order valence-corrected chi connectivity index (χ0v) is 12.9. The molecule has 1 aliphatic rings. The second kappa shape index (κ2) is 6.73. The van der Waals surface area contributed by atoms with E-state index >= 15 is 0 Å². The highest BCUT2D eigenvalue weighted by Crippen LogP contribution is 2.18. The highest BCUT2D eigenvalue weighted by Gasteiger charge is 2.27. The number of carbonyl (C=O) groups is 2. The number of carboxylic acid groups (broad SMARTS) is 1. The van der Waals surface area contributed by atoms with E-state index < -0.39 is 11.9 Å². The van der Waals surface area contributed by atoms with E-state index in [9.17, 15) is 9.59 Å². The van der Waals surface area contributed by atoms with Gasteiger partial charge in [0.25, 0.3) is 0 Å². The Hall–Kier alpha value is -2.50. The number of amides is 2. The van der Waals surface area contributed by atoms with Crippen molar-refractivity contribution in [2.45, 2.75) is 19.3 Å². The average molecular weight is 315 g/mol. The highest BCUT2D eigenvalue weighted by molar-refractivity contribution is 5.83. The number of urea groups is 1. The van der Waals surface area contributed by atoms with Crippen LogP contribution in [0.3, 0.4) is 0 Å². The molecule has 2 heterocycles. The van der Waals surface area contributed by atoms with Gasteiger partial charge in [0.05, 0.1) is 5.92 Å². The molecule has 2 amide bonds. The molecule has 0 radical (unpaired) electrons. The first-order chi connectivity index (χ1) is 11.1. The summed E-state index contributed by atoms with van der Waals surface area (Å²) in [5.41, 5.74) is 2.26. The summed E-state index contributed by atoms with van der Waals surface area (Å²) in [5, 5.41) is 13.1. The normalized spacial score (nSPS) is 18.1. The molecule has 3 N–H and O–H groups in total. The molecular formula is C17H21N3O3. The molecule has 23 heavy (non-hydrogen) atoms. The van der Waals surface area contributed by atoms with E-state index in [4.69, 9.17) is 5.11 Å². The summed E-state index contributed by atoms with van der Waals surface area (Å²) < 4.78 is 0. The van der Waals surface area contributed by atoms with Crippen LogP contribution in [0.15, 0.2) is 30.5 Å². The number of hydrogen-bond donors (Lipinski definition) is 3. The molecule has 1 saturated heterocycles. The van der Waals surface area contributed by atoms with E-state index in [1.165, 1.54) is 10.9 Å². The molecule has 122 valence electrons. The van der Waals surface area contributed by atoms with Crippen LogP contribution in [0.4, 0.5) is 4.79 Å². The molecule has 1 aliphatic heterocycles. The predicted octanol–water partition coefficient (Wildman–Crippen LogP) is 2.22. The number of aromatic amines is 1. The van der Waals surface area contributed by atoms with Gasteiger partial charge in [-0.05, 0) is 30.9 Å². The second-order valence-corrected chi connectivity index (χ2v) is 5.96. The van der Waals surface area contributed by atoms with Gasteiger partial charge in [-0.2, -0.15) is 0 Å². The number of benzene rings is 1. The highest BCUT2D eigenvalue weighted by atomic mass is 16.4. The van der Waals surface area contributed by atoms with Crippen LogP contribution < -0.4 is 5.32 Å². The van der Waals surface area contributed by atoms with Gasteiger partial charge in [-0.3, -0.25) is 4.79 Å². The number of aliphatic carboxylic acids is 1. The summed E-state index contributed by atoms with van der Waals surface area (Å²) in [4.78, 5) is 28.1. The number of fused-ring (bicyclic) bond motifs is 1. The third-order valence-electron chi connectivity index (χ3n) is 4.40. The summed E-state index contributed by atoms with van der Waals surface area (Å²) in [6.45, 7) is 1.46. The molecule has 1 atom stereocenters. The molecule has 0 unspecified atom stereocenters. The van der Waals surface area contributed by atoms with Crippen LogP contribution in [0.5, 0.6) is 0 Å². The minimum atomic E-state index is -0.818. The minimum Gasteiger partial charge on any atom is -0.481 e. The van der Waals surface area contributed by atoms with E-state index in [2.05, 4.69) is 16.4 Å². The number of likely N-dealkylation sites (tertiary alicyclic amines) is 1. The lowest BCUT2D eigenvalue weighted by molar-refractivity contribution is -0.143. The Morgan fingerprint density at radius 2 is 2.17 bits per heavy atom. The van der Waals surface area contributed by atoms with E-state index in [1.807, 2.05) is 24.4 Å². The number of hydrogen-bond acceptors (Lipinski definition) is 2. The first-order valence-corrected chi connectivity index (χ1v) is 7.95. The van der Waals surface area contributed by atoms with Crippen LogP contribution in [0.1, 0.15) is 18.4 Å². The fourth-order valence-electron chi connectivity index (χ4n) is 3.12. The topological polar surface area (TPSA) is 85.4 Å². The number of rotatable bonds is 4. The van der Waals surface area contributed by atoms with Gasteiger partial charge >= 0.3 is 12.0 Å². The lowest BCUT2D eigenvalue weighted by Crippen LogP contribution is -2.47. The van der Waals surface area contributed by atoms with Gasteiger partial charge in [0.1, 0.15) is 0 Å². The van der Waals surface area contributed by atoms with Gasteiger partial charge < -0.3 is 20.3 Å². The van der Waals surface area contributed by atoms with Crippen LogP contribution >= 0.6 is 0 Å². The first kappa shape index (κ1) is 15.4. The van der Waals surface area contributed by atoms with Crippen molar-refractivity contribution in [2.75, 3.05) is 19.6 Å². The standard InChI is InChI=1S/C17H21N3O3/c21-16(22)13-4-3-9-20(11-13)17(23)18-8-7-12-10-19-15-6-2-1-5-14(12)15/h1-2,5-6,10,13,19H,3-4,7-9,11H2,(H,18,23)(H,21,22)/t13-/m1/s1. The quantitative estimate of drug-likeness (QED) is 0.808. The van der Waals surface area contributed by atoms with Gasteiger partial charge in [-0.1, -0.05) is 18.2 Å². The summed E-state index contributed by atoms with van der Waals surface area (Å²) in [6, 6.07) is 7.90. The number of H-pyrrole nitrogens is 1. The first-order valence-electron chi connectivity index (χ1n) is 7.95. The Morgan fingerprint density at radius 1 is 1.35 bits per heavy atom. The number of piperidine rings is 1. The van der Waals surface area contributed by atoms with Gasteiger partial charge in [-0.15, -0.1) is 0 Å². The molecule has 0 spiro atoms. The van der Waals surface area contributed by atoms with Crippen molar-refractivity contribution in [3.05, 3.63) is 36.0 Å². The number of nitrogens with zero attached hydrogens (tertiary/aromatic N) is 1. The largest absolute Gasteiger partial charge is 0.481 e. The molecule has 0 bridgehead atoms. The third-order valence-corrected chi connectivity index (χ3v) is 4.40. The number of carboxylic acids is 1. The Kier molecular flexibility index (Phi) is 4.50. The second-order valence-electron chi connectivity index (χ2n) is 5.96. The molecule has 1 aromatic heterocycles. The van der Waals surface area contributed by atoms with Crippen LogP contribution in [0, 0.1) is 5.92 Å². The smallest absolute Gasteiger partial charge is 0.317 e. The van der Waals surface area contributed by atoms with Crippen molar-refractivity contribution >= 4 is 22.9 Å². The maximum atomic E-state index is 12.2. The van der Waals surface area contributed by atoms with E-state index in [0.717, 1.165) is 18.4 Å². The summed E-state index contributed by atoms with van der Waals surface area (Å²) in [5.74, 6) is -1.26. The number of nitrogens with one attached hydrogen (secondary N) is 2. The molecule has 3 rings (SSSR count). The van der Waals surface area contributed by atoms with Crippen LogP contribution in [-0.4, -0.2) is 46.6 Å². The molecule has 1 fully saturated rings. The van der Waals surface area contributed by atoms with Gasteiger partial charge in [0.15, 0.2) is 0 Å². The van der Waals surface area contributed by atoms with Crippen LogP contribution in [0.2, 0.25) is 0 Å². The van der Waals surface area contributed by atoms with Gasteiger partial charge in [-0.25, -0.2) is 4.79 Å². The Labute approximate surface area is 134 Å². The van der Waals surface area contributed by atoms with Gasteiger partial charge in [0, 0.05) is 36.7 Å². The Bertz CT molecular complexity index is 710. The fraction of sp³-hybridized carbons (Fsp3) is 0.412. The Morgan fingerprint density at radius 3 is 3.00 bits per heavy atom. The molecule has 6 heteroatoms. The monoisotopic (exact) mass is 315 g/mol.